The summed E-state index contributed by atoms with van der Waals surface area (Å²) in [5.74, 6) is 0. The zero-order valence-corrected chi connectivity index (χ0v) is 11.7. The van der Waals surface area contributed by atoms with Crippen molar-refractivity contribution in [2.75, 3.05) is 32.5 Å². The molecule has 0 heterocycles. The first-order chi connectivity index (χ1) is 8.11. The van der Waals surface area contributed by atoms with E-state index in [-0.39, 0.29) is 0 Å². The standard InChI is InChI=1S/C13H21N3S/c1-4-11-5-7-12(8-6-11)15-13(17)14-9-10-16(2)3/h5-8H,4,9-10H2,1-3H3,(H2,14,15,17)/p+1. The Hall–Kier alpha value is -1.13. The van der Waals surface area contributed by atoms with Gasteiger partial charge in [-0.05, 0) is 36.3 Å². The third-order valence-electron chi connectivity index (χ3n) is 2.53. The molecule has 1 aromatic rings. The molecule has 0 aliphatic heterocycles. The van der Waals surface area contributed by atoms with E-state index in [1.807, 2.05) is 0 Å². The van der Waals surface area contributed by atoms with Gasteiger partial charge in [-0.15, -0.1) is 0 Å². The number of quaternary nitrogens is 1. The molecular weight excluding hydrogens is 230 g/mol. The SMILES string of the molecule is CCc1ccc(NC(=S)NCC[NH+](C)C)cc1. The van der Waals surface area contributed by atoms with Crippen LogP contribution in [0.3, 0.4) is 0 Å². The molecule has 0 atom stereocenters. The topological polar surface area (TPSA) is 28.5 Å². The maximum atomic E-state index is 5.22. The van der Waals surface area contributed by atoms with Gasteiger partial charge in [0.15, 0.2) is 5.11 Å². The minimum atomic E-state index is 0.690. The summed E-state index contributed by atoms with van der Waals surface area (Å²) >= 11 is 5.22. The second kappa shape index (κ2) is 7.25. The van der Waals surface area contributed by atoms with Crippen molar-refractivity contribution in [3.05, 3.63) is 29.8 Å². The van der Waals surface area contributed by atoms with Gasteiger partial charge in [0.05, 0.1) is 27.2 Å². The quantitative estimate of drug-likeness (QED) is 0.673. The predicted octanol–water partition coefficient (Wildman–Crippen LogP) is 0.680. The number of hydrogen-bond donors (Lipinski definition) is 3. The number of likely N-dealkylation sites (N-methyl/N-ethyl adjacent to an activating group) is 1. The molecule has 0 saturated carbocycles. The largest absolute Gasteiger partial charge is 0.357 e. The Labute approximate surface area is 109 Å². The number of thiocarbonyl (C=S) groups is 1. The van der Waals surface area contributed by atoms with E-state index in [1.165, 1.54) is 10.5 Å². The van der Waals surface area contributed by atoms with Gasteiger partial charge in [-0.3, -0.25) is 0 Å². The van der Waals surface area contributed by atoms with Gasteiger partial charge in [0.2, 0.25) is 0 Å². The average Bonchev–Trinajstić information content (AvgIpc) is 2.29. The van der Waals surface area contributed by atoms with Crippen molar-refractivity contribution in [1.82, 2.24) is 5.32 Å². The lowest BCUT2D eigenvalue weighted by atomic mass is 10.1. The number of benzene rings is 1. The molecule has 0 aliphatic carbocycles. The highest BCUT2D eigenvalue weighted by Gasteiger charge is 1.98. The monoisotopic (exact) mass is 252 g/mol. The molecule has 0 spiro atoms. The number of rotatable bonds is 5. The molecule has 0 saturated heterocycles. The first-order valence-corrected chi connectivity index (χ1v) is 6.45. The highest BCUT2D eigenvalue weighted by Crippen LogP contribution is 2.09. The van der Waals surface area contributed by atoms with Crippen molar-refractivity contribution in [3.8, 4) is 0 Å². The van der Waals surface area contributed by atoms with Crippen LogP contribution in [0.4, 0.5) is 5.69 Å². The van der Waals surface area contributed by atoms with Gasteiger partial charge in [0.25, 0.3) is 0 Å². The first-order valence-electron chi connectivity index (χ1n) is 6.04. The predicted molar refractivity (Wildman–Crippen MR) is 77.7 cm³/mol. The minimum absolute atomic E-state index is 0.690. The van der Waals surface area contributed by atoms with Crippen LogP contribution in [-0.2, 0) is 6.42 Å². The van der Waals surface area contributed by atoms with Crippen LogP contribution < -0.4 is 15.5 Å². The molecule has 17 heavy (non-hydrogen) atoms. The van der Waals surface area contributed by atoms with Gasteiger partial charge in [0.1, 0.15) is 0 Å². The second-order valence-corrected chi connectivity index (χ2v) is 4.80. The van der Waals surface area contributed by atoms with Crippen LogP contribution in [0.2, 0.25) is 0 Å². The normalized spacial score (nSPS) is 10.4. The molecule has 1 rings (SSSR count). The fourth-order valence-electron chi connectivity index (χ4n) is 1.43. The summed E-state index contributed by atoms with van der Waals surface area (Å²) < 4.78 is 0. The minimum Gasteiger partial charge on any atom is -0.357 e. The van der Waals surface area contributed by atoms with Crippen LogP contribution in [0.25, 0.3) is 0 Å². The molecule has 1 aromatic carbocycles. The van der Waals surface area contributed by atoms with E-state index in [1.54, 1.807) is 0 Å². The number of anilines is 1. The Morgan fingerprint density at radius 1 is 1.24 bits per heavy atom. The number of hydrogen-bond acceptors (Lipinski definition) is 1. The number of nitrogens with one attached hydrogen (secondary N) is 3. The maximum absolute atomic E-state index is 5.22. The van der Waals surface area contributed by atoms with Crippen LogP contribution in [0.5, 0.6) is 0 Å². The Morgan fingerprint density at radius 2 is 1.88 bits per heavy atom. The fourth-order valence-corrected chi connectivity index (χ4v) is 1.65. The number of aryl methyl sites for hydroxylation is 1. The second-order valence-electron chi connectivity index (χ2n) is 4.39. The van der Waals surface area contributed by atoms with Crippen molar-refractivity contribution < 1.29 is 4.90 Å². The molecular formula is C13H22N3S+. The van der Waals surface area contributed by atoms with Crippen LogP contribution in [0.1, 0.15) is 12.5 Å². The van der Waals surface area contributed by atoms with Crippen LogP contribution >= 0.6 is 12.2 Å². The lowest BCUT2D eigenvalue weighted by Crippen LogP contribution is -3.06. The van der Waals surface area contributed by atoms with Crippen LogP contribution in [0.15, 0.2) is 24.3 Å². The summed E-state index contributed by atoms with van der Waals surface area (Å²) in [5, 5.41) is 7.06. The van der Waals surface area contributed by atoms with E-state index in [4.69, 9.17) is 12.2 Å². The molecule has 4 heteroatoms. The summed E-state index contributed by atoms with van der Waals surface area (Å²) in [7, 11) is 4.25. The van der Waals surface area contributed by atoms with Crippen molar-refractivity contribution in [1.29, 1.82) is 0 Å². The summed E-state index contributed by atoms with van der Waals surface area (Å²) in [6.07, 6.45) is 1.06. The molecule has 0 unspecified atom stereocenters. The molecule has 3 N–H and O–H groups in total. The Balaban J connectivity index is 2.34. The third kappa shape index (κ3) is 5.65. The Kier molecular flexibility index (Phi) is 5.94. The summed E-state index contributed by atoms with van der Waals surface area (Å²) in [4.78, 5) is 1.41. The summed E-state index contributed by atoms with van der Waals surface area (Å²) in [5.41, 5.74) is 2.38. The molecule has 0 aliphatic rings. The van der Waals surface area contributed by atoms with E-state index in [9.17, 15) is 0 Å². The first kappa shape index (κ1) is 13.9. The van der Waals surface area contributed by atoms with Crippen LogP contribution in [-0.4, -0.2) is 32.3 Å². The van der Waals surface area contributed by atoms with Gasteiger partial charge in [-0.25, -0.2) is 0 Å². The van der Waals surface area contributed by atoms with Gasteiger partial charge < -0.3 is 15.5 Å². The molecule has 0 fully saturated rings. The molecule has 94 valence electrons. The molecule has 0 radical (unpaired) electrons. The van der Waals surface area contributed by atoms with E-state index in [0.29, 0.717) is 5.11 Å². The highest BCUT2D eigenvalue weighted by molar-refractivity contribution is 7.80. The lowest BCUT2D eigenvalue weighted by molar-refractivity contribution is -0.856. The smallest absolute Gasteiger partial charge is 0.170 e. The average molecular weight is 252 g/mol. The zero-order valence-electron chi connectivity index (χ0n) is 10.8. The Bertz CT molecular complexity index is 346. The van der Waals surface area contributed by atoms with Gasteiger partial charge in [-0.2, -0.15) is 0 Å². The van der Waals surface area contributed by atoms with E-state index in [2.05, 4.69) is 55.9 Å². The molecule has 3 nitrogen and oxygen atoms in total. The lowest BCUT2D eigenvalue weighted by Gasteiger charge is -2.12. The fraction of sp³-hybridized carbons (Fsp3) is 0.462. The van der Waals surface area contributed by atoms with Gasteiger partial charge in [0, 0.05) is 5.69 Å². The third-order valence-corrected chi connectivity index (χ3v) is 2.78. The zero-order chi connectivity index (χ0) is 12.7. The highest BCUT2D eigenvalue weighted by atomic mass is 32.1. The van der Waals surface area contributed by atoms with Gasteiger partial charge in [-0.1, -0.05) is 19.1 Å². The van der Waals surface area contributed by atoms with Crippen LogP contribution in [0, 0.1) is 0 Å². The maximum Gasteiger partial charge on any atom is 0.170 e. The van der Waals surface area contributed by atoms with Crippen molar-refractivity contribution in [3.63, 3.8) is 0 Å². The summed E-state index contributed by atoms with van der Waals surface area (Å²) in [6.45, 7) is 4.09. The van der Waals surface area contributed by atoms with Crippen molar-refractivity contribution in [2.24, 2.45) is 0 Å². The van der Waals surface area contributed by atoms with E-state index in [0.717, 1.165) is 25.2 Å². The van der Waals surface area contributed by atoms with Crippen molar-refractivity contribution >= 4 is 23.0 Å². The molecule has 0 aromatic heterocycles. The molecule has 0 amide bonds. The van der Waals surface area contributed by atoms with Gasteiger partial charge >= 0.3 is 0 Å². The van der Waals surface area contributed by atoms with E-state index < -0.39 is 0 Å². The van der Waals surface area contributed by atoms with E-state index >= 15 is 0 Å². The Morgan fingerprint density at radius 3 is 2.41 bits per heavy atom. The molecule has 0 bridgehead atoms. The summed E-state index contributed by atoms with van der Waals surface area (Å²) in [6, 6.07) is 8.36. The van der Waals surface area contributed by atoms with Crippen molar-refractivity contribution in [2.45, 2.75) is 13.3 Å².